The standard InChI is InChI=1S/C27H24ClF2N7O/c1-2-38-17-11-21(29)19(22(30)12-17)15-37-24-6-4-3-5-18(24)25(36-37)27-33-13-16(7-9-31)26(35-27)34-23-8-10-32-14-20(23)28/h3-6,8,10-14H,2,7,9,15,31H2,1H3,(H,32,33,34,35). The van der Waals surface area contributed by atoms with Crippen LogP contribution < -0.4 is 15.8 Å². The van der Waals surface area contributed by atoms with Gasteiger partial charge >= 0.3 is 0 Å². The lowest BCUT2D eigenvalue weighted by Gasteiger charge is -2.12. The molecule has 0 bridgehead atoms. The van der Waals surface area contributed by atoms with Crippen molar-refractivity contribution in [1.82, 2.24) is 24.7 Å². The number of nitrogens with one attached hydrogen (secondary N) is 1. The highest BCUT2D eigenvalue weighted by Gasteiger charge is 2.20. The zero-order chi connectivity index (χ0) is 26.6. The number of hydrogen-bond acceptors (Lipinski definition) is 7. The van der Waals surface area contributed by atoms with E-state index in [2.05, 4.69) is 20.4 Å². The maximum absolute atomic E-state index is 14.8. The molecule has 0 radical (unpaired) electrons. The highest BCUT2D eigenvalue weighted by atomic mass is 35.5. The summed E-state index contributed by atoms with van der Waals surface area (Å²) in [4.78, 5) is 13.3. The van der Waals surface area contributed by atoms with Crippen LogP contribution in [0.3, 0.4) is 0 Å². The van der Waals surface area contributed by atoms with Gasteiger partial charge in [0.25, 0.3) is 0 Å². The minimum Gasteiger partial charge on any atom is -0.494 e. The number of anilines is 2. The van der Waals surface area contributed by atoms with E-state index in [0.717, 1.165) is 10.9 Å². The summed E-state index contributed by atoms with van der Waals surface area (Å²) in [6.45, 7) is 2.32. The predicted octanol–water partition coefficient (Wildman–Crippen LogP) is 5.51. The van der Waals surface area contributed by atoms with E-state index in [4.69, 9.17) is 27.1 Å². The maximum atomic E-state index is 14.8. The maximum Gasteiger partial charge on any atom is 0.182 e. The van der Waals surface area contributed by atoms with Crippen LogP contribution in [-0.2, 0) is 13.0 Å². The molecule has 11 heteroatoms. The molecular formula is C27H24ClF2N7O. The van der Waals surface area contributed by atoms with Crippen LogP contribution in [0.1, 0.15) is 18.1 Å². The molecule has 0 spiro atoms. The topological polar surface area (TPSA) is 104 Å². The lowest BCUT2D eigenvalue weighted by atomic mass is 10.1. The number of fused-ring (bicyclic) bond motifs is 1. The number of para-hydroxylation sites is 1. The number of ether oxygens (including phenoxy) is 1. The van der Waals surface area contributed by atoms with Gasteiger partial charge in [0.05, 0.1) is 29.4 Å². The van der Waals surface area contributed by atoms with E-state index < -0.39 is 11.6 Å². The fourth-order valence-electron chi connectivity index (χ4n) is 4.12. The van der Waals surface area contributed by atoms with Gasteiger partial charge in [-0.1, -0.05) is 29.8 Å². The Morgan fingerprint density at radius 2 is 1.89 bits per heavy atom. The molecule has 0 fully saturated rings. The zero-order valence-electron chi connectivity index (χ0n) is 20.5. The van der Waals surface area contributed by atoms with Crippen LogP contribution >= 0.6 is 11.6 Å². The van der Waals surface area contributed by atoms with Crippen LogP contribution in [0.25, 0.3) is 22.4 Å². The summed E-state index contributed by atoms with van der Waals surface area (Å²) in [6, 6.07) is 11.5. The number of aromatic nitrogens is 5. The average Bonchev–Trinajstić information content (AvgIpc) is 3.27. The number of halogens is 3. The first-order chi connectivity index (χ1) is 18.5. The first-order valence-electron chi connectivity index (χ1n) is 12.0. The fraction of sp³-hybridized carbons (Fsp3) is 0.185. The van der Waals surface area contributed by atoms with Crippen LogP contribution in [0.4, 0.5) is 20.3 Å². The third-order valence-corrected chi connectivity index (χ3v) is 6.21. The third kappa shape index (κ3) is 5.13. The number of rotatable bonds is 9. The van der Waals surface area contributed by atoms with Crippen molar-refractivity contribution in [3.8, 4) is 17.3 Å². The third-order valence-electron chi connectivity index (χ3n) is 5.91. The molecule has 0 saturated heterocycles. The van der Waals surface area contributed by atoms with Gasteiger partial charge in [-0.05, 0) is 32.0 Å². The Kier molecular flexibility index (Phi) is 7.43. The second-order valence-electron chi connectivity index (χ2n) is 8.41. The SMILES string of the molecule is CCOc1cc(F)c(Cn2nc(-c3ncc(CCN)c(Nc4ccncc4Cl)n3)c3ccccc32)c(F)c1. The molecule has 0 atom stereocenters. The second-order valence-corrected chi connectivity index (χ2v) is 8.82. The lowest BCUT2D eigenvalue weighted by Crippen LogP contribution is -2.09. The summed E-state index contributed by atoms with van der Waals surface area (Å²) < 4.78 is 36.5. The number of nitrogens with zero attached hydrogens (tertiary/aromatic N) is 5. The smallest absolute Gasteiger partial charge is 0.182 e. The van der Waals surface area contributed by atoms with Crippen molar-refractivity contribution in [2.24, 2.45) is 5.73 Å². The monoisotopic (exact) mass is 535 g/mol. The molecule has 0 amide bonds. The summed E-state index contributed by atoms with van der Waals surface area (Å²) >= 11 is 6.29. The summed E-state index contributed by atoms with van der Waals surface area (Å²) in [7, 11) is 0. The fourth-order valence-corrected chi connectivity index (χ4v) is 4.28. The largest absolute Gasteiger partial charge is 0.494 e. The normalized spacial score (nSPS) is 11.2. The van der Waals surface area contributed by atoms with E-state index in [1.807, 2.05) is 24.3 Å². The Morgan fingerprint density at radius 3 is 2.63 bits per heavy atom. The van der Waals surface area contributed by atoms with E-state index in [0.29, 0.717) is 53.1 Å². The summed E-state index contributed by atoms with van der Waals surface area (Å²) in [6.07, 6.45) is 5.37. The molecule has 0 aliphatic heterocycles. The van der Waals surface area contributed by atoms with E-state index in [9.17, 15) is 8.78 Å². The average molecular weight is 536 g/mol. The zero-order valence-corrected chi connectivity index (χ0v) is 21.2. The molecule has 3 N–H and O–H groups in total. The van der Waals surface area contributed by atoms with Crippen molar-refractivity contribution in [2.45, 2.75) is 19.9 Å². The highest BCUT2D eigenvalue weighted by molar-refractivity contribution is 6.33. The minimum absolute atomic E-state index is 0.123. The molecule has 3 heterocycles. The van der Waals surface area contributed by atoms with Crippen molar-refractivity contribution >= 4 is 34.0 Å². The first kappa shape index (κ1) is 25.5. The summed E-state index contributed by atoms with van der Waals surface area (Å²) in [5.74, 6) is -0.426. The van der Waals surface area contributed by atoms with E-state index in [1.54, 1.807) is 25.4 Å². The van der Waals surface area contributed by atoms with Crippen molar-refractivity contribution in [3.05, 3.63) is 88.8 Å². The van der Waals surface area contributed by atoms with Gasteiger partial charge in [-0.25, -0.2) is 18.7 Å². The van der Waals surface area contributed by atoms with Crippen LogP contribution in [-0.4, -0.2) is 37.9 Å². The van der Waals surface area contributed by atoms with E-state index >= 15 is 0 Å². The summed E-state index contributed by atoms with van der Waals surface area (Å²) in [5, 5.41) is 9.08. The quantitative estimate of drug-likeness (QED) is 0.256. The van der Waals surface area contributed by atoms with Crippen LogP contribution in [0.2, 0.25) is 5.02 Å². The molecule has 0 unspecified atom stereocenters. The molecule has 3 aromatic heterocycles. The van der Waals surface area contributed by atoms with Gasteiger partial charge in [-0.2, -0.15) is 5.10 Å². The van der Waals surface area contributed by atoms with Crippen LogP contribution in [0, 0.1) is 11.6 Å². The minimum atomic E-state index is -0.710. The first-order valence-corrected chi connectivity index (χ1v) is 12.4. The molecule has 0 saturated carbocycles. The predicted molar refractivity (Wildman–Crippen MR) is 143 cm³/mol. The molecule has 8 nitrogen and oxygen atoms in total. The second kappa shape index (κ2) is 11.1. The molecule has 194 valence electrons. The van der Waals surface area contributed by atoms with Crippen molar-refractivity contribution in [2.75, 3.05) is 18.5 Å². The Labute approximate surface area is 222 Å². The van der Waals surface area contributed by atoms with Gasteiger partial charge in [-0.15, -0.1) is 0 Å². The van der Waals surface area contributed by atoms with Gasteiger partial charge < -0.3 is 15.8 Å². The van der Waals surface area contributed by atoms with Crippen LogP contribution in [0.15, 0.2) is 61.1 Å². The summed E-state index contributed by atoms with van der Waals surface area (Å²) in [5.41, 5.74) is 8.25. The molecule has 5 aromatic rings. The van der Waals surface area contributed by atoms with E-state index in [-0.39, 0.29) is 17.9 Å². The number of hydrogen-bond donors (Lipinski definition) is 2. The molecule has 0 aliphatic rings. The molecule has 5 rings (SSSR count). The lowest BCUT2D eigenvalue weighted by molar-refractivity contribution is 0.335. The molecule has 0 aliphatic carbocycles. The number of benzene rings is 2. The Morgan fingerprint density at radius 1 is 1.11 bits per heavy atom. The van der Waals surface area contributed by atoms with Crippen molar-refractivity contribution in [3.63, 3.8) is 0 Å². The Hall–Kier alpha value is -4.15. The van der Waals surface area contributed by atoms with Crippen molar-refractivity contribution in [1.29, 1.82) is 0 Å². The Bertz CT molecular complexity index is 1590. The molecule has 2 aromatic carbocycles. The van der Waals surface area contributed by atoms with Gasteiger partial charge in [0.1, 0.15) is 28.9 Å². The van der Waals surface area contributed by atoms with Crippen molar-refractivity contribution < 1.29 is 13.5 Å². The molecular weight excluding hydrogens is 512 g/mol. The number of pyridine rings is 1. The number of nitrogens with two attached hydrogens (primary N) is 1. The van der Waals surface area contributed by atoms with Gasteiger partial charge in [0.15, 0.2) is 5.82 Å². The van der Waals surface area contributed by atoms with Crippen LogP contribution in [0.5, 0.6) is 5.75 Å². The van der Waals surface area contributed by atoms with Gasteiger partial charge in [0.2, 0.25) is 0 Å². The Balaban J connectivity index is 1.57. The molecule has 38 heavy (non-hydrogen) atoms. The van der Waals surface area contributed by atoms with E-state index in [1.165, 1.54) is 23.0 Å². The van der Waals surface area contributed by atoms with Gasteiger partial charge in [0, 0.05) is 47.2 Å². The highest BCUT2D eigenvalue weighted by Crippen LogP contribution is 2.31. The van der Waals surface area contributed by atoms with Gasteiger partial charge in [-0.3, -0.25) is 9.67 Å².